The fourth-order valence-electron chi connectivity index (χ4n) is 3.64. The molecule has 0 atom stereocenters. The van der Waals surface area contributed by atoms with E-state index in [9.17, 15) is 14.9 Å². The van der Waals surface area contributed by atoms with Crippen molar-refractivity contribution in [2.75, 3.05) is 13.2 Å². The number of esters is 1. The van der Waals surface area contributed by atoms with Crippen molar-refractivity contribution >= 4 is 11.7 Å². The van der Waals surface area contributed by atoms with Gasteiger partial charge in [0.2, 0.25) is 0 Å². The number of hydrogen-bond donors (Lipinski definition) is 0. The van der Waals surface area contributed by atoms with Gasteiger partial charge in [0.1, 0.15) is 5.69 Å². The lowest BCUT2D eigenvalue weighted by molar-refractivity contribution is -0.384. The molecule has 32 heavy (non-hydrogen) atoms. The summed E-state index contributed by atoms with van der Waals surface area (Å²) in [5.41, 5.74) is 1.41. The van der Waals surface area contributed by atoms with Crippen LogP contribution in [0, 0.1) is 10.1 Å². The predicted octanol–water partition coefficient (Wildman–Crippen LogP) is 6.30. The summed E-state index contributed by atoms with van der Waals surface area (Å²) in [6.07, 6.45) is 11.7. The molecule has 0 N–H and O–H groups in total. The molecule has 2 aromatic rings. The Morgan fingerprint density at radius 3 is 2.22 bits per heavy atom. The summed E-state index contributed by atoms with van der Waals surface area (Å²) in [5, 5.41) is 11.0. The van der Waals surface area contributed by atoms with E-state index in [1.807, 2.05) is 18.2 Å². The van der Waals surface area contributed by atoms with Gasteiger partial charge in [0.25, 0.3) is 5.69 Å². The van der Waals surface area contributed by atoms with E-state index in [1.165, 1.54) is 49.9 Å². The summed E-state index contributed by atoms with van der Waals surface area (Å²) < 4.78 is 12.4. The largest absolute Gasteiger partial charge is 0.461 e. The molecule has 0 spiro atoms. The molecule has 1 aromatic heterocycles. The van der Waals surface area contributed by atoms with Crippen molar-refractivity contribution in [1.82, 2.24) is 4.57 Å². The van der Waals surface area contributed by atoms with Gasteiger partial charge in [-0.3, -0.25) is 10.1 Å². The Labute approximate surface area is 190 Å². The molecule has 0 fully saturated rings. The van der Waals surface area contributed by atoms with E-state index in [4.69, 9.17) is 9.47 Å². The van der Waals surface area contributed by atoms with E-state index >= 15 is 0 Å². The lowest BCUT2D eigenvalue weighted by Crippen LogP contribution is -2.11. The fraction of sp³-hybridized carbons (Fsp3) is 0.560. The minimum absolute atomic E-state index is 0.0708. The number of aryl methyl sites for hydroxylation is 1. The molecule has 0 bridgehead atoms. The fourth-order valence-corrected chi connectivity index (χ4v) is 3.64. The second-order valence-electron chi connectivity index (χ2n) is 7.97. The molecule has 7 heteroatoms. The first-order valence-electron chi connectivity index (χ1n) is 11.7. The summed E-state index contributed by atoms with van der Waals surface area (Å²) in [4.78, 5) is 22.5. The molecule has 0 unspecified atom stereocenters. The topological polar surface area (TPSA) is 83.6 Å². The zero-order valence-corrected chi connectivity index (χ0v) is 19.2. The van der Waals surface area contributed by atoms with Gasteiger partial charge in [-0.05, 0) is 25.3 Å². The van der Waals surface area contributed by atoms with Crippen molar-refractivity contribution in [3.8, 4) is 0 Å². The summed E-state index contributed by atoms with van der Waals surface area (Å²) in [5.74, 6) is -0.508. The highest BCUT2D eigenvalue weighted by molar-refractivity contribution is 5.88. The third-order valence-corrected chi connectivity index (χ3v) is 5.38. The van der Waals surface area contributed by atoms with Gasteiger partial charge >= 0.3 is 5.97 Å². The van der Waals surface area contributed by atoms with Crippen molar-refractivity contribution in [2.24, 2.45) is 0 Å². The van der Waals surface area contributed by atoms with Crippen molar-refractivity contribution in [3.05, 3.63) is 64.0 Å². The molecule has 0 saturated carbocycles. The summed E-state index contributed by atoms with van der Waals surface area (Å²) in [6, 6.07) is 11.5. The van der Waals surface area contributed by atoms with E-state index in [0.717, 1.165) is 32.3 Å². The van der Waals surface area contributed by atoms with Crippen LogP contribution in [0.25, 0.3) is 0 Å². The number of unbranched alkanes of at least 4 members (excludes halogenated alkanes) is 8. The lowest BCUT2D eigenvalue weighted by Gasteiger charge is -2.08. The van der Waals surface area contributed by atoms with Crippen molar-refractivity contribution in [3.63, 3.8) is 0 Å². The second-order valence-corrected chi connectivity index (χ2v) is 7.97. The molecule has 1 aromatic carbocycles. The Balaban J connectivity index is 1.48. The van der Waals surface area contributed by atoms with Gasteiger partial charge in [0, 0.05) is 19.2 Å². The molecule has 0 amide bonds. The van der Waals surface area contributed by atoms with Crippen LogP contribution in [0.3, 0.4) is 0 Å². The Kier molecular flexibility index (Phi) is 12.1. The number of ether oxygens (including phenoxy) is 2. The molecule has 0 aliphatic heterocycles. The first-order chi connectivity index (χ1) is 15.6. The number of carbonyl (C=O) groups excluding carboxylic acids is 1. The summed E-state index contributed by atoms with van der Waals surface area (Å²) in [6.45, 7) is 4.07. The second kappa shape index (κ2) is 15.2. The number of rotatable bonds is 17. The van der Waals surface area contributed by atoms with Crippen molar-refractivity contribution in [1.29, 1.82) is 0 Å². The Morgan fingerprint density at radius 1 is 0.969 bits per heavy atom. The Morgan fingerprint density at radius 2 is 1.59 bits per heavy atom. The maximum atomic E-state index is 12.0. The summed E-state index contributed by atoms with van der Waals surface area (Å²) >= 11 is 0. The first-order valence-corrected chi connectivity index (χ1v) is 11.7. The highest BCUT2D eigenvalue weighted by Crippen LogP contribution is 2.19. The highest BCUT2D eigenvalue weighted by Gasteiger charge is 2.19. The first kappa shape index (κ1) is 25.6. The molecule has 176 valence electrons. The number of benzene rings is 1. The smallest absolute Gasteiger partial charge is 0.355 e. The third-order valence-electron chi connectivity index (χ3n) is 5.38. The van der Waals surface area contributed by atoms with Crippen LogP contribution in [-0.2, 0) is 22.6 Å². The van der Waals surface area contributed by atoms with Crippen LogP contribution in [0.1, 0.15) is 80.8 Å². The molecule has 0 aliphatic carbocycles. The number of carbonyl (C=O) groups is 1. The summed E-state index contributed by atoms with van der Waals surface area (Å²) in [7, 11) is 0. The SMILES string of the molecule is CCOC(=O)c1cc([N+](=O)[O-])cn1CCCCCCCCCCCOCc1ccccc1. The van der Waals surface area contributed by atoms with Crippen LogP contribution in [0.5, 0.6) is 0 Å². The van der Waals surface area contributed by atoms with Crippen molar-refractivity contribution < 1.29 is 19.2 Å². The molecule has 2 rings (SSSR count). The van der Waals surface area contributed by atoms with Gasteiger partial charge in [0.05, 0.1) is 24.3 Å². The van der Waals surface area contributed by atoms with E-state index in [2.05, 4.69) is 12.1 Å². The van der Waals surface area contributed by atoms with Gasteiger partial charge in [-0.25, -0.2) is 4.79 Å². The molecular formula is C25H36N2O5. The van der Waals surface area contributed by atoms with Crippen LogP contribution in [0.2, 0.25) is 0 Å². The molecule has 1 heterocycles. The normalized spacial score (nSPS) is 10.9. The van der Waals surface area contributed by atoms with Gasteiger partial charge in [0.15, 0.2) is 0 Å². The number of nitro groups is 1. The molecular weight excluding hydrogens is 408 g/mol. The quantitative estimate of drug-likeness (QED) is 0.124. The number of nitrogens with zero attached hydrogens (tertiary/aromatic N) is 2. The van der Waals surface area contributed by atoms with Crippen LogP contribution in [-0.4, -0.2) is 28.7 Å². The molecule has 0 saturated heterocycles. The average molecular weight is 445 g/mol. The van der Waals surface area contributed by atoms with E-state index < -0.39 is 10.9 Å². The Hall–Kier alpha value is -2.67. The monoisotopic (exact) mass is 444 g/mol. The number of hydrogen-bond acceptors (Lipinski definition) is 5. The maximum absolute atomic E-state index is 12.0. The maximum Gasteiger partial charge on any atom is 0.355 e. The van der Waals surface area contributed by atoms with Crippen LogP contribution < -0.4 is 0 Å². The standard InChI is InChI=1S/C25H36N2O5/c1-2-32-25(28)24-19-23(27(29)30)20-26(24)17-13-8-6-4-3-5-7-9-14-18-31-21-22-15-11-10-12-16-22/h10-12,15-16,19-20H,2-9,13-14,17-18,21H2,1H3. The molecule has 0 aliphatic rings. The van der Waals surface area contributed by atoms with Gasteiger partial charge < -0.3 is 14.0 Å². The van der Waals surface area contributed by atoms with Crippen LogP contribution in [0.15, 0.2) is 42.6 Å². The van der Waals surface area contributed by atoms with Gasteiger partial charge in [-0.15, -0.1) is 0 Å². The highest BCUT2D eigenvalue weighted by atomic mass is 16.6. The van der Waals surface area contributed by atoms with Gasteiger partial charge in [-0.2, -0.15) is 0 Å². The van der Waals surface area contributed by atoms with E-state index in [1.54, 1.807) is 11.5 Å². The lowest BCUT2D eigenvalue weighted by atomic mass is 10.1. The van der Waals surface area contributed by atoms with E-state index in [0.29, 0.717) is 13.2 Å². The van der Waals surface area contributed by atoms with Crippen LogP contribution >= 0.6 is 0 Å². The molecule has 7 nitrogen and oxygen atoms in total. The predicted molar refractivity (Wildman–Crippen MR) is 125 cm³/mol. The zero-order valence-electron chi connectivity index (χ0n) is 19.2. The van der Waals surface area contributed by atoms with Crippen molar-refractivity contribution in [2.45, 2.75) is 77.9 Å². The van der Waals surface area contributed by atoms with Crippen LogP contribution in [0.4, 0.5) is 5.69 Å². The third kappa shape index (κ3) is 9.64. The Bertz CT molecular complexity index is 804. The molecule has 0 radical (unpaired) electrons. The minimum Gasteiger partial charge on any atom is -0.461 e. The van der Waals surface area contributed by atoms with Gasteiger partial charge in [-0.1, -0.05) is 75.3 Å². The average Bonchev–Trinajstić information content (AvgIpc) is 3.22. The minimum atomic E-state index is -0.508. The zero-order chi connectivity index (χ0) is 23.0. The van der Waals surface area contributed by atoms with E-state index in [-0.39, 0.29) is 18.0 Å². The number of aromatic nitrogens is 1.